The lowest BCUT2D eigenvalue weighted by Crippen LogP contribution is -2.14. The van der Waals surface area contributed by atoms with Gasteiger partial charge >= 0.3 is 11.9 Å². The van der Waals surface area contributed by atoms with Gasteiger partial charge in [0.15, 0.2) is 23.1 Å². The number of fused-ring (bicyclic) bond motifs is 2. The average molecular weight is 785 g/mol. The largest absolute Gasteiger partial charge is 0.486 e. The summed E-state index contributed by atoms with van der Waals surface area (Å²) in [5.41, 5.74) is 7.30. The van der Waals surface area contributed by atoms with E-state index in [0.717, 1.165) is 76.3 Å². The lowest BCUT2D eigenvalue weighted by atomic mass is 9.90. The third-order valence-corrected chi connectivity index (χ3v) is 9.72. The standard InChI is InChI=1S/C25H26O5.C23H22O5/c1-2-29-25(28)15-11-19-8-6-18(7-9-19)10-12-21(26)17-30-22-13-14-23-20(16-22)4-3-5-24(23)27;24-19(10-8-16-4-6-17(7-5-16)9-13-23(26)27)15-28-20-11-12-21-18(14-20)2-1-3-22(21)25/h6-9,11,13-16H,2-5,10,12,17H2,1H3;4-7,9,11-14H,1-3,8,10,15H2,(H,26,27)/b15-11+;13-9+. The van der Waals surface area contributed by atoms with Gasteiger partial charge in [0.25, 0.3) is 0 Å². The quantitative estimate of drug-likeness (QED) is 0.0819. The first-order valence-electron chi connectivity index (χ1n) is 19.6. The summed E-state index contributed by atoms with van der Waals surface area (Å²) in [5, 5.41) is 8.63. The summed E-state index contributed by atoms with van der Waals surface area (Å²) in [6.07, 6.45) is 12.4. The van der Waals surface area contributed by atoms with Gasteiger partial charge in [-0.05, 0) is 127 Å². The van der Waals surface area contributed by atoms with Gasteiger partial charge in [0.1, 0.15) is 24.7 Å². The zero-order chi connectivity index (χ0) is 41.3. The summed E-state index contributed by atoms with van der Waals surface area (Å²) in [6.45, 7) is 2.15. The molecule has 0 atom stereocenters. The monoisotopic (exact) mass is 784 g/mol. The predicted octanol–water partition coefficient (Wildman–Crippen LogP) is 8.25. The minimum Gasteiger partial charge on any atom is -0.486 e. The molecule has 10 nitrogen and oxygen atoms in total. The molecule has 0 radical (unpaired) electrons. The number of aryl methyl sites for hydroxylation is 4. The fourth-order valence-electron chi connectivity index (χ4n) is 6.58. The number of benzene rings is 4. The third kappa shape index (κ3) is 13.7. The van der Waals surface area contributed by atoms with Crippen LogP contribution in [0, 0.1) is 0 Å². The lowest BCUT2D eigenvalue weighted by Gasteiger charge is -2.15. The highest BCUT2D eigenvalue weighted by molar-refractivity contribution is 5.99. The van der Waals surface area contributed by atoms with Crippen molar-refractivity contribution < 1.29 is 48.1 Å². The summed E-state index contributed by atoms with van der Waals surface area (Å²) in [4.78, 5) is 69.9. The molecule has 0 spiro atoms. The Bertz CT molecular complexity index is 2160. The molecule has 2 aliphatic carbocycles. The number of aliphatic carboxylic acids is 1. The van der Waals surface area contributed by atoms with Crippen molar-refractivity contribution in [1.82, 2.24) is 0 Å². The number of rotatable bonds is 17. The van der Waals surface area contributed by atoms with Gasteiger partial charge in [-0.25, -0.2) is 9.59 Å². The number of carbonyl (C=O) groups is 6. The summed E-state index contributed by atoms with van der Waals surface area (Å²) in [5.74, 6) is 0.289. The minimum atomic E-state index is -0.986. The molecular weight excluding hydrogens is 737 g/mol. The second-order valence-corrected chi connectivity index (χ2v) is 14.1. The fourth-order valence-corrected chi connectivity index (χ4v) is 6.58. The van der Waals surface area contributed by atoms with E-state index in [1.165, 1.54) is 12.2 Å². The van der Waals surface area contributed by atoms with Crippen LogP contribution >= 0.6 is 0 Å². The van der Waals surface area contributed by atoms with Gasteiger partial charge in [-0.1, -0.05) is 48.5 Å². The molecule has 0 unspecified atom stereocenters. The van der Waals surface area contributed by atoms with Crippen molar-refractivity contribution in [3.63, 3.8) is 0 Å². The number of carboxylic acid groups (broad SMARTS) is 1. The summed E-state index contributed by atoms with van der Waals surface area (Å²) < 4.78 is 16.1. The number of carboxylic acids is 1. The van der Waals surface area contributed by atoms with Crippen molar-refractivity contribution >= 4 is 47.2 Å². The SMILES string of the molecule is CCOC(=O)/C=C/c1ccc(CCC(=O)COc2ccc3c(c2)CCCC3=O)cc1.O=C(O)/C=C/c1ccc(CCC(=O)COc2ccc3c(c2)CCCC3=O)cc1. The van der Waals surface area contributed by atoms with Gasteiger partial charge in [0.05, 0.1) is 6.61 Å². The fraction of sp³-hybridized carbons (Fsp3) is 0.292. The van der Waals surface area contributed by atoms with Crippen LogP contribution in [0.2, 0.25) is 0 Å². The average Bonchev–Trinajstić information content (AvgIpc) is 3.23. The Kier molecular flexibility index (Phi) is 16.0. The van der Waals surface area contributed by atoms with Crippen LogP contribution in [0.4, 0.5) is 0 Å². The maximum atomic E-state index is 12.2. The van der Waals surface area contributed by atoms with Crippen molar-refractivity contribution in [1.29, 1.82) is 0 Å². The molecule has 0 bridgehead atoms. The topological polar surface area (TPSA) is 150 Å². The van der Waals surface area contributed by atoms with Gasteiger partial charge in [0.2, 0.25) is 0 Å². The van der Waals surface area contributed by atoms with E-state index in [4.69, 9.17) is 19.3 Å². The van der Waals surface area contributed by atoms with Crippen molar-refractivity contribution in [2.24, 2.45) is 0 Å². The molecule has 10 heteroatoms. The number of ether oxygens (including phenoxy) is 3. The van der Waals surface area contributed by atoms with Crippen LogP contribution in [0.1, 0.15) is 99.5 Å². The number of esters is 1. The first-order valence-corrected chi connectivity index (χ1v) is 19.6. The Labute approximate surface area is 338 Å². The molecule has 2 aliphatic rings. The number of hydrogen-bond acceptors (Lipinski definition) is 9. The maximum absolute atomic E-state index is 12.2. The van der Waals surface area contributed by atoms with Crippen molar-refractivity contribution in [2.75, 3.05) is 19.8 Å². The second kappa shape index (κ2) is 21.8. The van der Waals surface area contributed by atoms with Crippen LogP contribution < -0.4 is 9.47 Å². The number of carbonyl (C=O) groups excluding carboxylic acids is 5. The van der Waals surface area contributed by atoms with E-state index in [9.17, 15) is 28.8 Å². The van der Waals surface area contributed by atoms with Crippen LogP contribution in [0.15, 0.2) is 97.1 Å². The number of hydrogen-bond donors (Lipinski definition) is 1. The van der Waals surface area contributed by atoms with E-state index in [1.807, 2.05) is 60.7 Å². The van der Waals surface area contributed by atoms with E-state index in [-0.39, 0.29) is 42.3 Å². The van der Waals surface area contributed by atoms with Gasteiger partial charge in [-0.15, -0.1) is 0 Å². The van der Waals surface area contributed by atoms with E-state index >= 15 is 0 Å². The zero-order valence-corrected chi connectivity index (χ0v) is 32.7. The Hall–Kier alpha value is -6.42. The Morgan fingerprint density at radius 1 is 0.603 bits per heavy atom. The molecule has 0 saturated carbocycles. The summed E-state index contributed by atoms with van der Waals surface area (Å²) >= 11 is 0. The molecular formula is C48H48O10. The Morgan fingerprint density at radius 3 is 1.48 bits per heavy atom. The van der Waals surface area contributed by atoms with Crippen molar-refractivity contribution in [3.8, 4) is 11.5 Å². The molecule has 0 fully saturated rings. The van der Waals surface area contributed by atoms with Crippen LogP contribution in [0.3, 0.4) is 0 Å². The molecule has 58 heavy (non-hydrogen) atoms. The molecule has 0 aliphatic heterocycles. The molecule has 0 aromatic heterocycles. The third-order valence-electron chi connectivity index (χ3n) is 9.72. The highest BCUT2D eigenvalue weighted by Gasteiger charge is 2.19. The van der Waals surface area contributed by atoms with Crippen molar-refractivity contribution in [2.45, 2.75) is 71.1 Å². The highest BCUT2D eigenvalue weighted by atomic mass is 16.5. The molecule has 4 aromatic rings. The van der Waals surface area contributed by atoms with Gasteiger partial charge in [-0.3, -0.25) is 19.2 Å². The van der Waals surface area contributed by atoms with Gasteiger partial charge in [0, 0.05) is 49.0 Å². The van der Waals surface area contributed by atoms with Crippen LogP contribution in [-0.2, 0) is 49.6 Å². The molecule has 1 N–H and O–H groups in total. The first-order chi connectivity index (χ1) is 28.1. The highest BCUT2D eigenvalue weighted by Crippen LogP contribution is 2.27. The number of Topliss-reactive ketones (excluding diaryl/α,β-unsaturated/α-hetero) is 4. The van der Waals surface area contributed by atoms with E-state index in [0.29, 0.717) is 56.6 Å². The minimum absolute atomic E-state index is 0.00338. The molecule has 6 rings (SSSR count). The summed E-state index contributed by atoms with van der Waals surface area (Å²) in [6, 6.07) is 26.0. The van der Waals surface area contributed by atoms with Gasteiger partial charge < -0.3 is 19.3 Å². The summed E-state index contributed by atoms with van der Waals surface area (Å²) in [7, 11) is 0. The maximum Gasteiger partial charge on any atom is 0.330 e. The molecule has 0 saturated heterocycles. The van der Waals surface area contributed by atoms with E-state index in [1.54, 1.807) is 37.3 Å². The smallest absolute Gasteiger partial charge is 0.330 e. The molecule has 0 heterocycles. The second-order valence-electron chi connectivity index (χ2n) is 14.1. The van der Waals surface area contributed by atoms with Crippen molar-refractivity contribution in [3.05, 3.63) is 142 Å². The van der Waals surface area contributed by atoms with Crippen LogP contribution in [0.25, 0.3) is 12.2 Å². The van der Waals surface area contributed by atoms with Gasteiger partial charge in [-0.2, -0.15) is 0 Å². The zero-order valence-electron chi connectivity index (χ0n) is 32.7. The molecule has 0 amide bonds. The predicted molar refractivity (Wildman–Crippen MR) is 220 cm³/mol. The molecule has 4 aromatic carbocycles. The Balaban J connectivity index is 0.000000221. The van der Waals surface area contributed by atoms with Crippen LogP contribution in [-0.4, -0.2) is 60.0 Å². The van der Waals surface area contributed by atoms with Crippen LogP contribution in [0.5, 0.6) is 11.5 Å². The van der Waals surface area contributed by atoms with E-state index in [2.05, 4.69) is 0 Å². The lowest BCUT2D eigenvalue weighted by molar-refractivity contribution is -0.137. The Morgan fingerprint density at radius 2 is 1.05 bits per heavy atom. The normalized spacial score (nSPS) is 13.3. The number of ketones is 4. The van der Waals surface area contributed by atoms with E-state index < -0.39 is 5.97 Å². The first kappa shape index (κ1) is 42.7. The molecule has 300 valence electrons.